The van der Waals surface area contributed by atoms with E-state index in [-0.39, 0.29) is 18.1 Å². The van der Waals surface area contributed by atoms with Gasteiger partial charge >= 0.3 is 6.03 Å². The fraction of sp³-hybridized carbons (Fsp3) is 0.800. The highest BCUT2D eigenvalue weighted by atomic mass is 32.1. The van der Waals surface area contributed by atoms with Gasteiger partial charge in [0.15, 0.2) is 0 Å². The first-order chi connectivity index (χ1) is 4.24. The second kappa shape index (κ2) is 2.47. The summed E-state index contributed by atoms with van der Waals surface area (Å²) in [5.41, 5.74) is 0. The molecule has 0 spiro atoms. The zero-order valence-corrected chi connectivity index (χ0v) is 6.11. The molecule has 0 saturated carbocycles. The first kappa shape index (κ1) is 6.74. The first-order valence-electron chi connectivity index (χ1n) is 2.92. The van der Waals surface area contributed by atoms with E-state index < -0.39 is 0 Å². The second-order valence-electron chi connectivity index (χ2n) is 2.20. The van der Waals surface area contributed by atoms with Crippen LogP contribution in [0.1, 0.15) is 6.92 Å². The Bertz CT molecular complexity index is 128. The van der Waals surface area contributed by atoms with Crippen LogP contribution in [0.15, 0.2) is 0 Å². The molecule has 1 aliphatic rings. The standard InChI is InChI=1S/C5H10N2OS/c1-3-4(2-9)7-5(8)6-3/h3-4,9H,2H2,1H3,(H2,6,7,8)/t3-,4+/m1/s1. The van der Waals surface area contributed by atoms with Crippen molar-refractivity contribution in [2.75, 3.05) is 5.75 Å². The molecule has 1 saturated heterocycles. The Morgan fingerprint density at radius 2 is 2.33 bits per heavy atom. The minimum Gasteiger partial charge on any atom is -0.334 e. The Balaban J connectivity index is 2.47. The van der Waals surface area contributed by atoms with Crippen molar-refractivity contribution in [2.24, 2.45) is 0 Å². The summed E-state index contributed by atoms with van der Waals surface area (Å²) >= 11 is 4.06. The Kier molecular flexibility index (Phi) is 1.85. The molecule has 0 unspecified atom stereocenters. The molecule has 2 amide bonds. The molecule has 0 aromatic carbocycles. The Morgan fingerprint density at radius 3 is 2.56 bits per heavy atom. The van der Waals surface area contributed by atoms with E-state index in [0.29, 0.717) is 5.75 Å². The predicted molar refractivity (Wildman–Crippen MR) is 38.8 cm³/mol. The predicted octanol–water partition coefficient (Wildman–Crippen LogP) is -0.0139. The molecule has 1 heterocycles. The summed E-state index contributed by atoms with van der Waals surface area (Å²) in [7, 11) is 0. The molecular formula is C5H10N2OS. The summed E-state index contributed by atoms with van der Waals surface area (Å²) in [4.78, 5) is 10.6. The molecule has 0 aromatic rings. The molecule has 0 aromatic heterocycles. The summed E-state index contributed by atoms with van der Waals surface area (Å²) in [5, 5.41) is 5.45. The van der Waals surface area contributed by atoms with Crippen LogP contribution in [-0.4, -0.2) is 23.9 Å². The third-order valence-electron chi connectivity index (χ3n) is 1.48. The number of rotatable bonds is 1. The number of amides is 2. The summed E-state index contributed by atoms with van der Waals surface area (Å²) in [6, 6.07) is 0.331. The van der Waals surface area contributed by atoms with Crippen molar-refractivity contribution in [2.45, 2.75) is 19.0 Å². The van der Waals surface area contributed by atoms with Gasteiger partial charge in [0.2, 0.25) is 0 Å². The van der Waals surface area contributed by atoms with Gasteiger partial charge in [0.25, 0.3) is 0 Å². The average Bonchev–Trinajstić information content (AvgIpc) is 2.10. The zero-order chi connectivity index (χ0) is 6.85. The monoisotopic (exact) mass is 146 g/mol. The number of urea groups is 1. The maximum Gasteiger partial charge on any atom is 0.315 e. The van der Waals surface area contributed by atoms with E-state index in [1.807, 2.05) is 6.92 Å². The Hall–Kier alpha value is -0.380. The minimum absolute atomic E-state index is 0.0819. The lowest BCUT2D eigenvalue weighted by Crippen LogP contribution is -2.32. The van der Waals surface area contributed by atoms with Crippen LogP contribution in [0.25, 0.3) is 0 Å². The van der Waals surface area contributed by atoms with Crippen molar-refractivity contribution in [1.29, 1.82) is 0 Å². The van der Waals surface area contributed by atoms with Gasteiger partial charge in [-0.3, -0.25) is 0 Å². The van der Waals surface area contributed by atoms with Crippen LogP contribution < -0.4 is 10.6 Å². The van der Waals surface area contributed by atoms with Crippen molar-refractivity contribution in [3.05, 3.63) is 0 Å². The fourth-order valence-electron chi connectivity index (χ4n) is 0.846. The topological polar surface area (TPSA) is 41.1 Å². The molecule has 9 heavy (non-hydrogen) atoms. The van der Waals surface area contributed by atoms with Gasteiger partial charge in [0, 0.05) is 11.8 Å². The molecule has 0 radical (unpaired) electrons. The van der Waals surface area contributed by atoms with E-state index in [9.17, 15) is 4.79 Å². The van der Waals surface area contributed by atoms with E-state index in [0.717, 1.165) is 0 Å². The van der Waals surface area contributed by atoms with Gasteiger partial charge in [0.05, 0.1) is 6.04 Å². The smallest absolute Gasteiger partial charge is 0.315 e. The van der Waals surface area contributed by atoms with E-state index in [1.165, 1.54) is 0 Å². The lowest BCUT2D eigenvalue weighted by molar-refractivity contribution is 0.247. The second-order valence-corrected chi connectivity index (χ2v) is 2.56. The minimum atomic E-state index is -0.0819. The van der Waals surface area contributed by atoms with Gasteiger partial charge in [-0.2, -0.15) is 12.6 Å². The Labute approximate surface area is 59.6 Å². The van der Waals surface area contributed by atoms with Crippen LogP contribution in [0, 0.1) is 0 Å². The highest BCUT2D eigenvalue weighted by Gasteiger charge is 2.25. The van der Waals surface area contributed by atoms with Gasteiger partial charge in [-0.15, -0.1) is 0 Å². The molecule has 2 N–H and O–H groups in total. The SMILES string of the molecule is C[C@H]1NC(=O)N[C@H]1CS. The molecule has 52 valence electrons. The molecule has 1 fully saturated rings. The van der Waals surface area contributed by atoms with Crippen LogP contribution in [-0.2, 0) is 0 Å². The third-order valence-corrected chi connectivity index (χ3v) is 1.87. The van der Waals surface area contributed by atoms with E-state index in [1.54, 1.807) is 0 Å². The van der Waals surface area contributed by atoms with Gasteiger partial charge in [-0.25, -0.2) is 4.79 Å². The van der Waals surface area contributed by atoms with Gasteiger partial charge < -0.3 is 10.6 Å². The molecule has 0 aliphatic carbocycles. The van der Waals surface area contributed by atoms with Gasteiger partial charge in [-0.1, -0.05) is 0 Å². The molecular weight excluding hydrogens is 136 g/mol. The fourth-order valence-corrected chi connectivity index (χ4v) is 1.25. The van der Waals surface area contributed by atoms with E-state index in [2.05, 4.69) is 23.3 Å². The van der Waals surface area contributed by atoms with Crippen molar-refractivity contribution < 1.29 is 4.79 Å². The molecule has 4 heteroatoms. The number of thiol groups is 1. The van der Waals surface area contributed by atoms with Crippen LogP contribution >= 0.6 is 12.6 Å². The lowest BCUT2D eigenvalue weighted by Gasteiger charge is -2.08. The maximum absolute atomic E-state index is 10.6. The number of hydrogen-bond acceptors (Lipinski definition) is 2. The maximum atomic E-state index is 10.6. The first-order valence-corrected chi connectivity index (χ1v) is 3.55. The van der Waals surface area contributed by atoms with Crippen molar-refractivity contribution in [3.8, 4) is 0 Å². The molecule has 1 aliphatic heterocycles. The van der Waals surface area contributed by atoms with Crippen LogP contribution in [0.4, 0.5) is 4.79 Å². The summed E-state index contributed by atoms with van der Waals surface area (Å²) in [5.74, 6) is 0.694. The van der Waals surface area contributed by atoms with Crippen molar-refractivity contribution in [1.82, 2.24) is 10.6 Å². The number of carbonyl (C=O) groups excluding carboxylic acids is 1. The quantitative estimate of drug-likeness (QED) is 0.447. The van der Waals surface area contributed by atoms with Gasteiger partial charge in [-0.05, 0) is 6.92 Å². The van der Waals surface area contributed by atoms with Crippen LogP contribution in [0.2, 0.25) is 0 Å². The van der Waals surface area contributed by atoms with Crippen LogP contribution in [0.5, 0.6) is 0 Å². The summed E-state index contributed by atoms with van der Waals surface area (Å²) in [6.45, 7) is 1.96. The van der Waals surface area contributed by atoms with Crippen LogP contribution in [0.3, 0.4) is 0 Å². The number of hydrogen-bond donors (Lipinski definition) is 3. The summed E-state index contributed by atoms with van der Waals surface area (Å²) < 4.78 is 0. The Morgan fingerprint density at radius 1 is 1.67 bits per heavy atom. The normalized spacial score (nSPS) is 33.8. The largest absolute Gasteiger partial charge is 0.334 e. The zero-order valence-electron chi connectivity index (χ0n) is 5.22. The van der Waals surface area contributed by atoms with Gasteiger partial charge in [0.1, 0.15) is 0 Å². The number of nitrogens with one attached hydrogen (secondary N) is 2. The van der Waals surface area contributed by atoms with E-state index >= 15 is 0 Å². The summed E-state index contributed by atoms with van der Waals surface area (Å²) in [6.07, 6.45) is 0. The number of carbonyl (C=O) groups is 1. The van der Waals surface area contributed by atoms with Crippen molar-refractivity contribution in [3.63, 3.8) is 0 Å². The van der Waals surface area contributed by atoms with E-state index in [4.69, 9.17) is 0 Å². The molecule has 1 rings (SSSR count). The van der Waals surface area contributed by atoms with Crippen molar-refractivity contribution >= 4 is 18.7 Å². The average molecular weight is 146 g/mol. The lowest BCUT2D eigenvalue weighted by atomic mass is 10.2. The molecule has 3 nitrogen and oxygen atoms in total. The highest BCUT2D eigenvalue weighted by molar-refractivity contribution is 7.80. The molecule has 2 atom stereocenters. The molecule has 0 bridgehead atoms. The highest BCUT2D eigenvalue weighted by Crippen LogP contribution is 2.01. The third kappa shape index (κ3) is 1.30.